The lowest BCUT2D eigenvalue weighted by Gasteiger charge is -2.22. The molecular formula is C16H23N3O6S. The first kappa shape index (κ1) is 21.6. The van der Waals surface area contributed by atoms with Crippen LogP contribution in [0.4, 0.5) is 5.69 Å². The Bertz CT molecular complexity index is 761. The van der Waals surface area contributed by atoms with Crippen molar-refractivity contribution in [1.82, 2.24) is 9.62 Å². The smallest absolute Gasteiger partial charge is 0.303 e. The summed E-state index contributed by atoms with van der Waals surface area (Å²) in [5, 5.41) is 11.1. The highest BCUT2D eigenvalue weighted by Crippen LogP contribution is 2.14. The molecule has 0 heterocycles. The van der Waals surface area contributed by atoms with Gasteiger partial charge in [0, 0.05) is 32.6 Å². The fourth-order valence-electron chi connectivity index (χ4n) is 2.18. The van der Waals surface area contributed by atoms with Gasteiger partial charge in [0.25, 0.3) is 0 Å². The standard InChI is InChI=1S/C16H23N3O6S/c1-11(16(23)19(3)10-4-5-15(21)22)18-26(24,25)14-8-6-13(7-9-14)17-12(2)20/h6-9,11,18H,4-5,10H2,1-3H3,(H,17,20)(H,21,22). The van der Waals surface area contributed by atoms with Gasteiger partial charge in [0.1, 0.15) is 0 Å². The molecule has 1 aromatic carbocycles. The molecule has 2 amide bonds. The first-order chi connectivity index (χ1) is 12.0. The second kappa shape index (κ2) is 9.30. The van der Waals surface area contributed by atoms with E-state index in [1.54, 1.807) is 0 Å². The monoisotopic (exact) mass is 385 g/mol. The number of benzene rings is 1. The number of hydrogen-bond acceptors (Lipinski definition) is 5. The van der Waals surface area contributed by atoms with Crippen LogP contribution in [0.2, 0.25) is 0 Å². The Balaban J connectivity index is 2.71. The predicted octanol–water partition coefficient (Wildman–Crippen LogP) is 0.635. The van der Waals surface area contributed by atoms with Crippen molar-refractivity contribution < 1.29 is 27.9 Å². The summed E-state index contributed by atoms with van der Waals surface area (Å²) < 4.78 is 27.0. The van der Waals surface area contributed by atoms with Gasteiger partial charge in [0.2, 0.25) is 21.8 Å². The number of nitrogens with zero attached hydrogens (tertiary/aromatic N) is 1. The van der Waals surface area contributed by atoms with E-state index < -0.39 is 27.9 Å². The highest BCUT2D eigenvalue weighted by molar-refractivity contribution is 7.89. The van der Waals surface area contributed by atoms with Gasteiger partial charge < -0.3 is 15.3 Å². The van der Waals surface area contributed by atoms with Gasteiger partial charge in [-0.15, -0.1) is 0 Å². The summed E-state index contributed by atoms with van der Waals surface area (Å²) in [6.45, 7) is 2.97. The molecule has 10 heteroatoms. The minimum Gasteiger partial charge on any atom is -0.481 e. The highest BCUT2D eigenvalue weighted by Gasteiger charge is 2.24. The Kier molecular flexibility index (Phi) is 7.72. The lowest BCUT2D eigenvalue weighted by molar-refractivity contribution is -0.138. The van der Waals surface area contributed by atoms with Crippen molar-refractivity contribution in [3.8, 4) is 0 Å². The maximum absolute atomic E-state index is 12.4. The molecule has 3 N–H and O–H groups in total. The molecule has 0 radical (unpaired) electrons. The summed E-state index contributed by atoms with van der Waals surface area (Å²) in [6.07, 6.45) is 0.208. The first-order valence-electron chi connectivity index (χ1n) is 7.89. The van der Waals surface area contributed by atoms with Gasteiger partial charge >= 0.3 is 5.97 Å². The maximum Gasteiger partial charge on any atom is 0.303 e. The zero-order chi connectivity index (χ0) is 19.9. The second-order valence-corrected chi connectivity index (χ2v) is 7.52. The van der Waals surface area contributed by atoms with E-state index in [0.29, 0.717) is 5.69 Å². The average molecular weight is 385 g/mol. The van der Waals surface area contributed by atoms with Gasteiger partial charge in [-0.1, -0.05) is 0 Å². The number of carbonyl (C=O) groups excluding carboxylic acids is 2. The van der Waals surface area contributed by atoms with E-state index in [-0.39, 0.29) is 30.2 Å². The summed E-state index contributed by atoms with van der Waals surface area (Å²) in [7, 11) is -2.44. The molecule has 0 saturated carbocycles. The van der Waals surface area contributed by atoms with Crippen molar-refractivity contribution in [2.24, 2.45) is 0 Å². The van der Waals surface area contributed by atoms with E-state index in [1.165, 1.54) is 50.1 Å². The third-order valence-corrected chi connectivity index (χ3v) is 5.00. The van der Waals surface area contributed by atoms with Crippen molar-refractivity contribution in [3.63, 3.8) is 0 Å². The molecule has 0 aliphatic heterocycles. The molecule has 1 aromatic rings. The van der Waals surface area contributed by atoms with Crippen LogP contribution in [0.5, 0.6) is 0 Å². The van der Waals surface area contributed by atoms with E-state index >= 15 is 0 Å². The lowest BCUT2D eigenvalue weighted by atomic mass is 10.2. The molecular weight excluding hydrogens is 362 g/mol. The number of amides is 2. The number of carboxylic acids is 1. The SMILES string of the molecule is CC(=O)Nc1ccc(S(=O)(=O)NC(C)C(=O)N(C)CCCC(=O)O)cc1. The van der Waals surface area contributed by atoms with E-state index in [2.05, 4.69) is 10.0 Å². The van der Waals surface area contributed by atoms with Crippen molar-refractivity contribution in [1.29, 1.82) is 0 Å². The molecule has 1 rings (SSSR count). The minimum absolute atomic E-state index is 0.0419. The van der Waals surface area contributed by atoms with E-state index in [9.17, 15) is 22.8 Å². The van der Waals surface area contributed by atoms with E-state index in [0.717, 1.165) is 0 Å². The Morgan fingerprint density at radius 3 is 2.27 bits per heavy atom. The summed E-state index contributed by atoms with van der Waals surface area (Å²) in [5.41, 5.74) is 0.457. The number of carboxylic acid groups (broad SMARTS) is 1. The van der Waals surface area contributed by atoms with Crippen LogP contribution in [0.25, 0.3) is 0 Å². The van der Waals surface area contributed by atoms with Crippen LogP contribution in [-0.4, -0.2) is 55.8 Å². The normalized spacial score (nSPS) is 12.3. The Labute approximate surface area is 152 Å². The number of aliphatic carboxylic acids is 1. The number of sulfonamides is 1. The van der Waals surface area contributed by atoms with Crippen LogP contribution >= 0.6 is 0 Å². The fraction of sp³-hybridized carbons (Fsp3) is 0.438. The van der Waals surface area contributed by atoms with Crippen LogP contribution in [0.15, 0.2) is 29.2 Å². The first-order valence-corrected chi connectivity index (χ1v) is 9.38. The quantitative estimate of drug-likeness (QED) is 0.571. The van der Waals surface area contributed by atoms with Crippen molar-refractivity contribution in [2.75, 3.05) is 18.9 Å². The van der Waals surface area contributed by atoms with E-state index in [4.69, 9.17) is 5.11 Å². The van der Waals surface area contributed by atoms with E-state index in [1.807, 2.05) is 0 Å². The summed E-state index contributed by atoms with van der Waals surface area (Å²) in [4.78, 5) is 34.9. The second-order valence-electron chi connectivity index (χ2n) is 5.81. The predicted molar refractivity (Wildman–Crippen MR) is 95.0 cm³/mol. The minimum atomic E-state index is -3.92. The van der Waals surface area contributed by atoms with Gasteiger partial charge in [-0.2, -0.15) is 4.72 Å². The van der Waals surface area contributed by atoms with Gasteiger partial charge in [0.15, 0.2) is 0 Å². The number of anilines is 1. The van der Waals surface area contributed by atoms with Crippen LogP contribution in [-0.2, 0) is 24.4 Å². The van der Waals surface area contributed by atoms with Crippen LogP contribution in [0.1, 0.15) is 26.7 Å². The molecule has 1 unspecified atom stereocenters. The summed E-state index contributed by atoms with van der Waals surface area (Å²) >= 11 is 0. The summed E-state index contributed by atoms with van der Waals surface area (Å²) in [6, 6.07) is 4.52. The highest BCUT2D eigenvalue weighted by atomic mass is 32.2. The number of hydrogen-bond donors (Lipinski definition) is 3. The Hall–Kier alpha value is -2.46. The van der Waals surface area contributed by atoms with Gasteiger partial charge in [-0.3, -0.25) is 14.4 Å². The maximum atomic E-state index is 12.4. The molecule has 26 heavy (non-hydrogen) atoms. The Morgan fingerprint density at radius 2 is 1.77 bits per heavy atom. The molecule has 0 aliphatic carbocycles. The number of rotatable bonds is 9. The third kappa shape index (κ3) is 6.81. The number of nitrogens with one attached hydrogen (secondary N) is 2. The van der Waals surface area contributed by atoms with Gasteiger partial charge in [0.05, 0.1) is 10.9 Å². The molecule has 0 fully saturated rings. The molecule has 1 atom stereocenters. The molecule has 0 spiro atoms. The molecule has 144 valence electrons. The molecule has 9 nitrogen and oxygen atoms in total. The van der Waals surface area contributed by atoms with Crippen molar-refractivity contribution in [2.45, 2.75) is 37.6 Å². The molecule has 0 bridgehead atoms. The lowest BCUT2D eigenvalue weighted by Crippen LogP contribution is -2.45. The average Bonchev–Trinajstić information content (AvgIpc) is 2.53. The Morgan fingerprint density at radius 1 is 1.19 bits per heavy atom. The number of likely N-dealkylation sites (N-methyl/N-ethyl adjacent to an activating group) is 1. The largest absolute Gasteiger partial charge is 0.481 e. The zero-order valence-corrected chi connectivity index (χ0v) is 15.7. The van der Waals surface area contributed by atoms with Crippen molar-refractivity contribution in [3.05, 3.63) is 24.3 Å². The topological polar surface area (TPSA) is 133 Å². The zero-order valence-electron chi connectivity index (χ0n) is 14.9. The van der Waals surface area contributed by atoms with Crippen LogP contribution < -0.4 is 10.0 Å². The molecule has 0 aliphatic rings. The van der Waals surface area contributed by atoms with Gasteiger partial charge in [-0.05, 0) is 37.6 Å². The number of carbonyl (C=O) groups is 3. The van der Waals surface area contributed by atoms with Gasteiger partial charge in [-0.25, -0.2) is 8.42 Å². The van der Waals surface area contributed by atoms with Crippen LogP contribution in [0.3, 0.4) is 0 Å². The molecule has 0 saturated heterocycles. The summed E-state index contributed by atoms with van der Waals surface area (Å²) in [5.74, 6) is -1.69. The third-order valence-electron chi connectivity index (χ3n) is 3.45. The van der Waals surface area contributed by atoms with Crippen LogP contribution in [0, 0.1) is 0 Å². The fourth-order valence-corrected chi connectivity index (χ4v) is 3.38. The molecule has 0 aromatic heterocycles. The van der Waals surface area contributed by atoms with Crippen molar-refractivity contribution >= 4 is 33.5 Å².